The zero-order chi connectivity index (χ0) is 26.2. The van der Waals surface area contributed by atoms with Crippen molar-refractivity contribution >= 4 is 33.4 Å². The fraction of sp³-hybridized carbons (Fsp3) is 0.222. The Hall–Kier alpha value is -3.86. The van der Waals surface area contributed by atoms with Crippen molar-refractivity contribution in [1.82, 2.24) is 9.21 Å². The van der Waals surface area contributed by atoms with Gasteiger partial charge in [0.15, 0.2) is 0 Å². The highest BCUT2D eigenvalue weighted by atomic mass is 32.2. The summed E-state index contributed by atoms with van der Waals surface area (Å²) in [5.41, 5.74) is 2.57. The quantitative estimate of drug-likeness (QED) is 0.501. The van der Waals surface area contributed by atoms with Gasteiger partial charge in [-0.3, -0.25) is 19.3 Å². The lowest BCUT2D eigenvalue weighted by Crippen LogP contribution is -2.40. The van der Waals surface area contributed by atoms with Gasteiger partial charge in [0, 0.05) is 24.3 Å². The van der Waals surface area contributed by atoms with E-state index in [1.807, 2.05) is 0 Å². The van der Waals surface area contributed by atoms with E-state index < -0.39 is 15.9 Å². The second kappa shape index (κ2) is 9.89. The number of hydrogen-bond donors (Lipinski definition) is 1. The van der Waals surface area contributed by atoms with Gasteiger partial charge in [-0.05, 0) is 54.4 Å². The largest absolute Gasteiger partial charge is 0.379 e. The molecule has 3 aromatic carbocycles. The molecule has 1 fully saturated rings. The van der Waals surface area contributed by atoms with Crippen molar-refractivity contribution in [2.75, 3.05) is 31.6 Å². The van der Waals surface area contributed by atoms with E-state index in [2.05, 4.69) is 5.32 Å². The topological polar surface area (TPSA) is 113 Å². The first kappa shape index (κ1) is 24.8. The third kappa shape index (κ3) is 4.78. The maximum absolute atomic E-state index is 13.2. The molecule has 0 unspecified atom stereocenters. The van der Waals surface area contributed by atoms with E-state index in [1.54, 1.807) is 67.6 Å². The Kier molecular flexibility index (Phi) is 6.63. The van der Waals surface area contributed by atoms with Crippen LogP contribution in [0.2, 0.25) is 0 Å². The highest BCUT2D eigenvalue weighted by molar-refractivity contribution is 7.89. The van der Waals surface area contributed by atoms with E-state index in [-0.39, 0.29) is 36.3 Å². The fourth-order valence-corrected chi connectivity index (χ4v) is 6.12. The zero-order valence-corrected chi connectivity index (χ0v) is 21.0. The number of hydrogen-bond acceptors (Lipinski definition) is 6. The number of imide groups is 1. The lowest BCUT2D eigenvalue weighted by Gasteiger charge is -2.26. The van der Waals surface area contributed by atoms with Gasteiger partial charge < -0.3 is 10.1 Å². The third-order valence-corrected chi connectivity index (χ3v) is 8.48. The van der Waals surface area contributed by atoms with Crippen molar-refractivity contribution in [2.24, 2.45) is 0 Å². The van der Waals surface area contributed by atoms with Crippen LogP contribution in [-0.4, -0.2) is 61.6 Å². The normalized spacial score (nSPS) is 16.1. The van der Waals surface area contributed by atoms with Crippen LogP contribution in [0.4, 0.5) is 5.69 Å². The van der Waals surface area contributed by atoms with E-state index in [0.29, 0.717) is 46.7 Å². The monoisotopic (exact) mass is 519 g/mol. The maximum atomic E-state index is 13.2. The molecule has 0 aromatic heterocycles. The van der Waals surface area contributed by atoms with Crippen LogP contribution in [0.5, 0.6) is 0 Å². The zero-order valence-electron chi connectivity index (χ0n) is 20.1. The molecule has 190 valence electrons. The first-order chi connectivity index (χ1) is 17.8. The van der Waals surface area contributed by atoms with Crippen LogP contribution in [0.1, 0.15) is 42.2 Å². The van der Waals surface area contributed by atoms with Gasteiger partial charge in [0.25, 0.3) is 17.7 Å². The Morgan fingerprint density at radius 1 is 0.919 bits per heavy atom. The van der Waals surface area contributed by atoms with E-state index >= 15 is 0 Å². The van der Waals surface area contributed by atoms with Crippen molar-refractivity contribution in [2.45, 2.75) is 18.4 Å². The van der Waals surface area contributed by atoms with Crippen molar-refractivity contribution in [3.63, 3.8) is 0 Å². The van der Waals surface area contributed by atoms with Gasteiger partial charge in [-0.1, -0.05) is 30.3 Å². The van der Waals surface area contributed by atoms with Gasteiger partial charge >= 0.3 is 0 Å². The summed E-state index contributed by atoms with van der Waals surface area (Å²) in [5, 5.41) is 2.76. The van der Waals surface area contributed by atoms with Crippen LogP contribution in [0, 0.1) is 6.92 Å². The number of morpholine rings is 1. The maximum Gasteiger partial charge on any atom is 0.261 e. The molecule has 0 spiro atoms. The number of carbonyl (C=O) groups excluding carboxylic acids is 3. The van der Waals surface area contributed by atoms with Crippen LogP contribution in [-0.2, 0) is 21.3 Å². The number of ether oxygens (including phenoxy) is 1. The first-order valence-corrected chi connectivity index (χ1v) is 13.2. The minimum Gasteiger partial charge on any atom is -0.379 e. The summed E-state index contributed by atoms with van der Waals surface area (Å²) >= 11 is 0. The molecular weight excluding hydrogens is 494 g/mol. The van der Waals surface area contributed by atoms with Crippen LogP contribution >= 0.6 is 0 Å². The van der Waals surface area contributed by atoms with Crippen molar-refractivity contribution in [1.29, 1.82) is 0 Å². The number of benzene rings is 3. The predicted octanol–water partition coefficient (Wildman–Crippen LogP) is 3.06. The Balaban J connectivity index is 1.33. The van der Waals surface area contributed by atoms with Crippen molar-refractivity contribution < 1.29 is 27.5 Å². The second-order valence-electron chi connectivity index (χ2n) is 8.89. The van der Waals surface area contributed by atoms with E-state index in [0.717, 1.165) is 4.90 Å². The smallest absolute Gasteiger partial charge is 0.261 e. The first-order valence-electron chi connectivity index (χ1n) is 11.8. The molecule has 3 amide bonds. The molecule has 37 heavy (non-hydrogen) atoms. The van der Waals surface area contributed by atoms with Crippen LogP contribution in [0.3, 0.4) is 0 Å². The molecule has 10 heteroatoms. The molecule has 0 atom stereocenters. The molecule has 5 rings (SSSR count). The van der Waals surface area contributed by atoms with Gasteiger partial charge in [0.2, 0.25) is 10.0 Å². The summed E-state index contributed by atoms with van der Waals surface area (Å²) in [6.07, 6.45) is 0. The highest BCUT2D eigenvalue weighted by Gasteiger charge is 2.35. The average Bonchev–Trinajstić information content (AvgIpc) is 3.15. The molecule has 3 aromatic rings. The minimum absolute atomic E-state index is 0.0277. The Bertz CT molecular complexity index is 1480. The second-order valence-corrected chi connectivity index (χ2v) is 10.8. The van der Waals surface area contributed by atoms with Gasteiger partial charge in [-0.15, -0.1) is 0 Å². The number of amides is 3. The van der Waals surface area contributed by atoms with E-state index in [9.17, 15) is 22.8 Å². The molecule has 0 aliphatic carbocycles. The molecular formula is C27H25N3O6S. The van der Waals surface area contributed by atoms with Gasteiger partial charge in [0.1, 0.15) is 0 Å². The molecule has 1 saturated heterocycles. The molecule has 0 saturated carbocycles. The molecule has 0 bridgehead atoms. The molecule has 1 N–H and O–H groups in total. The van der Waals surface area contributed by atoms with Crippen molar-refractivity contribution in [3.8, 4) is 0 Å². The van der Waals surface area contributed by atoms with Crippen LogP contribution in [0.25, 0.3) is 0 Å². The fourth-order valence-electron chi connectivity index (χ4n) is 4.46. The van der Waals surface area contributed by atoms with E-state index in [4.69, 9.17) is 4.74 Å². The van der Waals surface area contributed by atoms with Crippen LogP contribution < -0.4 is 5.32 Å². The lowest BCUT2D eigenvalue weighted by atomic mass is 10.1. The van der Waals surface area contributed by atoms with Crippen LogP contribution in [0.15, 0.2) is 71.6 Å². The number of aryl methyl sites for hydroxylation is 1. The standard InChI is InChI=1S/C27H25N3O6S/c1-18-9-10-21(16-24(18)37(34,35)29-11-13-36-14-12-29)28-25(31)20-6-4-5-19(15-20)17-30-26(32)22-7-2-3-8-23(22)27(30)33/h2-10,15-16H,11-14,17H2,1H3,(H,28,31). The highest BCUT2D eigenvalue weighted by Crippen LogP contribution is 2.26. The number of fused-ring (bicyclic) bond motifs is 1. The number of sulfonamides is 1. The summed E-state index contributed by atoms with van der Waals surface area (Å²) in [7, 11) is -3.74. The number of rotatable bonds is 6. The van der Waals surface area contributed by atoms with Gasteiger partial charge in [-0.25, -0.2) is 8.42 Å². The molecule has 0 radical (unpaired) electrons. The van der Waals surface area contributed by atoms with Gasteiger partial charge in [-0.2, -0.15) is 4.31 Å². The summed E-state index contributed by atoms with van der Waals surface area (Å²) in [5.74, 6) is -1.18. The SMILES string of the molecule is Cc1ccc(NC(=O)c2cccc(CN3C(=O)c4ccccc4C3=O)c2)cc1S(=O)(=O)N1CCOCC1. The summed E-state index contributed by atoms with van der Waals surface area (Å²) in [4.78, 5) is 39.7. The Morgan fingerprint density at radius 3 is 2.27 bits per heavy atom. The Labute approximate surface area is 214 Å². The summed E-state index contributed by atoms with van der Waals surface area (Å²) < 4.78 is 33.0. The van der Waals surface area contributed by atoms with Gasteiger partial charge in [0.05, 0.1) is 35.8 Å². The van der Waals surface area contributed by atoms with Crippen molar-refractivity contribution in [3.05, 3.63) is 94.5 Å². The third-order valence-electron chi connectivity index (χ3n) is 6.44. The lowest BCUT2D eigenvalue weighted by molar-refractivity contribution is 0.0642. The summed E-state index contributed by atoms with van der Waals surface area (Å²) in [6.45, 7) is 2.97. The molecule has 2 aliphatic rings. The average molecular weight is 520 g/mol. The number of anilines is 1. The number of nitrogens with zero attached hydrogens (tertiary/aromatic N) is 2. The van der Waals surface area contributed by atoms with E-state index in [1.165, 1.54) is 10.4 Å². The minimum atomic E-state index is -3.74. The molecule has 2 aliphatic heterocycles. The predicted molar refractivity (Wildman–Crippen MR) is 136 cm³/mol. The molecule has 2 heterocycles. The number of carbonyl (C=O) groups is 3. The summed E-state index contributed by atoms with van der Waals surface area (Å²) in [6, 6.07) is 18.0. The Morgan fingerprint density at radius 2 is 1.59 bits per heavy atom. The number of nitrogens with one attached hydrogen (secondary N) is 1. The molecule has 9 nitrogen and oxygen atoms in total.